The zero-order valence-corrected chi connectivity index (χ0v) is 12.0. The lowest BCUT2D eigenvalue weighted by atomic mass is 9.72. The van der Waals surface area contributed by atoms with Crippen molar-refractivity contribution < 1.29 is 0 Å². The third-order valence-electron chi connectivity index (χ3n) is 5.06. The maximum atomic E-state index is 2.43. The highest BCUT2D eigenvalue weighted by atomic mass is 14.3. The molecule has 2 unspecified atom stereocenters. The molecule has 96 valence electrons. The van der Waals surface area contributed by atoms with Crippen LogP contribution in [-0.2, 0) is 0 Å². The third kappa shape index (κ3) is 4.11. The van der Waals surface area contributed by atoms with Gasteiger partial charge in [0, 0.05) is 0 Å². The second-order valence-electron chi connectivity index (χ2n) is 6.11. The minimum Gasteiger partial charge on any atom is -0.0651 e. The van der Waals surface area contributed by atoms with Gasteiger partial charge in [0.2, 0.25) is 0 Å². The fourth-order valence-corrected chi connectivity index (χ4v) is 3.44. The summed E-state index contributed by atoms with van der Waals surface area (Å²) in [5, 5.41) is 0. The second-order valence-corrected chi connectivity index (χ2v) is 6.11. The van der Waals surface area contributed by atoms with Gasteiger partial charge in [-0.3, -0.25) is 0 Å². The average Bonchev–Trinajstić information content (AvgIpc) is 2.35. The molecule has 0 spiro atoms. The van der Waals surface area contributed by atoms with Crippen molar-refractivity contribution in [1.29, 1.82) is 0 Å². The normalized spacial score (nSPS) is 30.0. The summed E-state index contributed by atoms with van der Waals surface area (Å²) in [6, 6.07) is 0. The fourth-order valence-electron chi connectivity index (χ4n) is 3.44. The third-order valence-corrected chi connectivity index (χ3v) is 5.06. The molecule has 1 aliphatic rings. The van der Waals surface area contributed by atoms with E-state index in [1.807, 2.05) is 0 Å². The molecule has 2 atom stereocenters. The van der Waals surface area contributed by atoms with Crippen LogP contribution in [0.4, 0.5) is 0 Å². The summed E-state index contributed by atoms with van der Waals surface area (Å²) < 4.78 is 0. The number of rotatable bonds is 6. The average molecular weight is 224 g/mol. The molecule has 0 radical (unpaired) electrons. The van der Waals surface area contributed by atoms with Crippen LogP contribution in [0.5, 0.6) is 0 Å². The van der Waals surface area contributed by atoms with Crippen LogP contribution in [0.2, 0.25) is 0 Å². The Morgan fingerprint density at radius 3 is 2.00 bits per heavy atom. The summed E-state index contributed by atoms with van der Waals surface area (Å²) in [5.74, 6) is 4.07. The van der Waals surface area contributed by atoms with Gasteiger partial charge in [-0.1, -0.05) is 59.8 Å². The van der Waals surface area contributed by atoms with Crippen molar-refractivity contribution in [2.75, 3.05) is 0 Å². The SMILES string of the molecule is CCC(C)CC(CC)C1CCC(CC)CC1. The van der Waals surface area contributed by atoms with Crippen LogP contribution >= 0.6 is 0 Å². The van der Waals surface area contributed by atoms with Gasteiger partial charge in [0.25, 0.3) is 0 Å². The van der Waals surface area contributed by atoms with E-state index in [1.165, 1.54) is 51.4 Å². The molecule has 0 heteroatoms. The minimum atomic E-state index is 0.939. The Morgan fingerprint density at radius 1 is 0.938 bits per heavy atom. The molecule has 16 heavy (non-hydrogen) atoms. The van der Waals surface area contributed by atoms with E-state index < -0.39 is 0 Å². The van der Waals surface area contributed by atoms with Crippen LogP contribution in [-0.4, -0.2) is 0 Å². The Bertz CT molecular complexity index is 165. The van der Waals surface area contributed by atoms with Crippen molar-refractivity contribution >= 4 is 0 Å². The molecule has 0 N–H and O–H groups in total. The topological polar surface area (TPSA) is 0 Å². The molecule has 0 bridgehead atoms. The highest BCUT2D eigenvalue weighted by Gasteiger charge is 2.26. The first-order valence-electron chi connectivity index (χ1n) is 7.71. The van der Waals surface area contributed by atoms with Crippen molar-refractivity contribution in [1.82, 2.24) is 0 Å². The van der Waals surface area contributed by atoms with Gasteiger partial charge in [-0.2, -0.15) is 0 Å². The Labute approximate surface area is 103 Å². The first-order chi connectivity index (χ1) is 7.71. The maximum absolute atomic E-state index is 2.43. The smallest absolute Gasteiger partial charge is 0.0386 e. The van der Waals surface area contributed by atoms with Gasteiger partial charge >= 0.3 is 0 Å². The molecule has 0 aliphatic heterocycles. The van der Waals surface area contributed by atoms with Crippen LogP contribution < -0.4 is 0 Å². The predicted molar refractivity (Wildman–Crippen MR) is 73.6 cm³/mol. The standard InChI is InChI=1S/C16H32/c1-5-13(4)12-15(7-3)16-10-8-14(6-2)9-11-16/h13-16H,5-12H2,1-4H3. The van der Waals surface area contributed by atoms with Crippen molar-refractivity contribution in [3.8, 4) is 0 Å². The first kappa shape index (κ1) is 14.1. The van der Waals surface area contributed by atoms with E-state index in [2.05, 4.69) is 27.7 Å². The molecule has 0 aromatic rings. The van der Waals surface area contributed by atoms with Crippen molar-refractivity contribution in [3.63, 3.8) is 0 Å². The summed E-state index contributed by atoms with van der Waals surface area (Å²) in [6.45, 7) is 9.53. The minimum absolute atomic E-state index is 0.939. The van der Waals surface area contributed by atoms with E-state index in [9.17, 15) is 0 Å². The molecule has 0 amide bonds. The van der Waals surface area contributed by atoms with Gasteiger partial charge in [-0.05, 0) is 42.9 Å². The van der Waals surface area contributed by atoms with Crippen LogP contribution in [0.3, 0.4) is 0 Å². The molecule has 0 aromatic heterocycles. The Hall–Kier alpha value is 0. The van der Waals surface area contributed by atoms with Crippen molar-refractivity contribution in [2.24, 2.45) is 23.7 Å². The zero-order valence-electron chi connectivity index (χ0n) is 12.0. The van der Waals surface area contributed by atoms with Gasteiger partial charge in [0.15, 0.2) is 0 Å². The highest BCUT2D eigenvalue weighted by molar-refractivity contribution is 4.77. The van der Waals surface area contributed by atoms with Crippen molar-refractivity contribution in [3.05, 3.63) is 0 Å². The first-order valence-corrected chi connectivity index (χ1v) is 7.71. The molecule has 1 aliphatic carbocycles. The highest BCUT2D eigenvalue weighted by Crippen LogP contribution is 2.38. The van der Waals surface area contributed by atoms with Gasteiger partial charge in [0.1, 0.15) is 0 Å². The molecule has 1 saturated carbocycles. The van der Waals surface area contributed by atoms with Gasteiger partial charge < -0.3 is 0 Å². The largest absolute Gasteiger partial charge is 0.0651 e. The maximum Gasteiger partial charge on any atom is -0.0386 e. The Kier molecular flexibility index (Phi) is 6.46. The predicted octanol–water partition coefficient (Wildman–Crippen LogP) is 5.67. The van der Waals surface area contributed by atoms with Crippen LogP contribution in [0.1, 0.15) is 79.1 Å². The lowest BCUT2D eigenvalue weighted by molar-refractivity contribution is 0.173. The molecule has 0 aromatic carbocycles. The Balaban J connectivity index is 2.36. The molecule has 0 heterocycles. The zero-order chi connectivity index (χ0) is 12.0. The van der Waals surface area contributed by atoms with Crippen molar-refractivity contribution in [2.45, 2.75) is 79.1 Å². The van der Waals surface area contributed by atoms with E-state index in [0.717, 1.165) is 23.7 Å². The van der Waals surface area contributed by atoms with E-state index in [-0.39, 0.29) is 0 Å². The molecule has 0 nitrogen and oxygen atoms in total. The summed E-state index contributed by atoms with van der Waals surface area (Å²) in [5.41, 5.74) is 0. The monoisotopic (exact) mass is 224 g/mol. The van der Waals surface area contributed by atoms with E-state index in [0.29, 0.717) is 0 Å². The second kappa shape index (κ2) is 7.35. The summed E-state index contributed by atoms with van der Waals surface area (Å²) in [6.07, 6.45) is 11.7. The van der Waals surface area contributed by atoms with Gasteiger partial charge in [-0.15, -0.1) is 0 Å². The van der Waals surface area contributed by atoms with Crippen LogP contribution in [0, 0.1) is 23.7 Å². The van der Waals surface area contributed by atoms with Gasteiger partial charge in [-0.25, -0.2) is 0 Å². The lowest BCUT2D eigenvalue weighted by Crippen LogP contribution is -2.22. The molecule has 1 fully saturated rings. The number of hydrogen-bond acceptors (Lipinski definition) is 0. The van der Waals surface area contributed by atoms with E-state index >= 15 is 0 Å². The van der Waals surface area contributed by atoms with Crippen LogP contribution in [0.15, 0.2) is 0 Å². The van der Waals surface area contributed by atoms with Gasteiger partial charge in [0.05, 0.1) is 0 Å². The lowest BCUT2D eigenvalue weighted by Gasteiger charge is -2.34. The van der Waals surface area contributed by atoms with E-state index in [1.54, 1.807) is 0 Å². The fraction of sp³-hybridized carbons (Fsp3) is 1.00. The summed E-state index contributed by atoms with van der Waals surface area (Å²) >= 11 is 0. The Morgan fingerprint density at radius 2 is 1.56 bits per heavy atom. The summed E-state index contributed by atoms with van der Waals surface area (Å²) in [4.78, 5) is 0. The molecule has 1 rings (SSSR count). The van der Waals surface area contributed by atoms with Crippen LogP contribution in [0.25, 0.3) is 0 Å². The molecular formula is C16H32. The quantitative estimate of drug-likeness (QED) is 0.545. The molecule has 0 saturated heterocycles. The summed E-state index contributed by atoms with van der Waals surface area (Å²) in [7, 11) is 0. The van der Waals surface area contributed by atoms with E-state index in [4.69, 9.17) is 0 Å². The number of hydrogen-bond donors (Lipinski definition) is 0. The molecular weight excluding hydrogens is 192 g/mol.